The first-order chi connectivity index (χ1) is 37.1. The summed E-state index contributed by atoms with van der Waals surface area (Å²) in [5.74, 6) is -1.99. The van der Waals surface area contributed by atoms with Gasteiger partial charge in [-0.2, -0.15) is 0 Å². The van der Waals surface area contributed by atoms with Crippen LogP contribution >= 0.6 is 0 Å². The topological polar surface area (TPSA) is 108 Å². The fourth-order valence-electron chi connectivity index (χ4n) is 9.16. The van der Waals surface area contributed by atoms with Crippen LogP contribution in [-0.4, -0.2) is 87.4 Å². The molecule has 0 radical (unpaired) electrons. The molecule has 0 aromatic heterocycles. The molecule has 2 unspecified atom stereocenters. The van der Waals surface area contributed by atoms with E-state index in [0.717, 1.165) is 77.0 Å². The van der Waals surface area contributed by atoms with E-state index in [-0.39, 0.29) is 32.2 Å². The van der Waals surface area contributed by atoms with E-state index in [0.29, 0.717) is 17.4 Å². The van der Waals surface area contributed by atoms with Crippen LogP contribution in [0.3, 0.4) is 0 Å². The van der Waals surface area contributed by atoms with E-state index in [1.165, 1.54) is 186 Å². The Morgan fingerprint density at radius 3 is 1.12 bits per heavy atom. The first kappa shape index (κ1) is 73.0. The molecule has 0 amide bonds. The van der Waals surface area contributed by atoms with E-state index in [1.54, 1.807) is 0 Å². The van der Waals surface area contributed by atoms with Gasteiger partial charge in [-0.15, -0.1) is 0 Å². The number of carbonyl (C=O) groups is 3. The fraction of sp³-hybridized carbons (Fsp3) is 0.806. The highest BCUT2D eigenvalue weighted by Gasteiger charge is 2.25. The maximum absolute atomic E-state index is 12.9. The summed E-state index contributed by atoms with van der Waals surface area (Å²) in [5, 5.41) is 9.73. The van der Waals surface area contributed by atoms with E-state index < -0.39 is 24.3 Å². The molecule has 2 atom stereocenters. The number of hydrogen-bond acceptors (Lipinski definition) is 7. The third-order valence-corrected chi connectivity index (χ3v) is 14.0. The highest BCUT2D eigenvalue weighted by molar-refractivity contribution is 5.71. The molecule has 0 saturated heterocycles. The number of hydrogen-bond donors (Lipinski definition) is 1. The largest absolute Gasteiger partial charge is 0.477 e. The lowest BCUT2D eigenvalue weighted by atomic mass is 10.0. The third-order valence-electron chi connectivity index (χ3n) is 14.0. The van der Waals surface area contributed by atoms with Gasteiger partial charge in [0, 0.05) is 12.8 Å². The summed E-state index contributed by atoms with van der Waals surface area (Å²) >= 11 is 0. The second-order valence-corrected chi connectivity index (χ2v) is 22.7. The fourth-order valence-corrected chi connectivity index (χ4v) is 9.16. The highest BCUT2D eigenvalue weighted by Crippen LogP contribution is 2.18. The normalized spacial score (nSPS) is 13.1. The van der Waals surface area contributed by atoms with Crippen LogP contribution < -0.4 is 0 Å². The molecule has 0 aromatic rings. The van der Waals surface area contributed by atoms with Gasteiger partial charge < -0.3 is 28.5 Å². The van der Waals surface area contributed by atoms with Crippen molar-refractivity contribution in [3.63, 3.8) is 0 Å². The average Bonchev–Trinajstić information content (AvgIpc) is 3.39. The van der Waals surface area contributed by atoms with Gasteiger partial charge in [-0.1, -0.05) is 280 Å². The molecule has 0 fully saturated rings. The summed E-state index contributed by atoms with van der Waals surface area (Å²) in [6.45, 7) is 4.80. The van der Waals surface area contributed by atoms with Crippen LogP contribution in [0, 0.1) is 0 Å². The molecule has 0 aromatic carbocycles. The number of esters is 2. The van der Waals surface area contributed by atoms with Gasteiger partial charge >= 0.3 is 17.9 Å². The number of rotatable bonds is 59. The zero-order valence-electron chi connectivity index (χ0n) is 50.4. The molecule has 0 rings (SSSR count). The van der Waals surface area contributed by atoms with E-state index in [2.05, 4.69) is 74.6 Å². The van der Waals surface area contributed by atoms with Gasteiger partial charge in [0.1, 0.15) is 13.2 Å². The predicted octanol–water partition coefficient (Wildman–Crippen LogP) is 19.2. The van der Waals surface area contributed by atoms with Crippen molar-refractivity contribution < 1.29 is 42.9 Å². The van der Waals surface area contributed by atoms with Crippen LogP contribution in [0.15, 0.2) is 60.8 Å². The number of quaternary nitrogens is 1. The van der Waals surface area contributed by atoms with Crippen LogP contribution in [-0.2, 0) is 33.3 Å². The summed E-state index contributed by atoms with van der Waals surface area (Å²) in [5.41, 5.74) is 0. The SMILES string of the molecule is CC/C=C\C/C=C\C/C=C\C/C=C\C/C=C\CCCCCCCCCCCCCC(=O)OC(COC(=O)CCCCCCCCCCCCCCCCCCCCCCCCCC)COC(OCC[N+](C)(C)C)C(=O)O. The summed E-state index contributed by atoms with van der Waals surface area (Å²) in [7, 11) is 5.98. The minimum Gasteiger partial charge on any atom is -0.477 e. The predicted molar refractivity (Wildman–Crippen MR) is 323 cm³/mol. The number of allylic oxidation sites excluding steroid dienone is 10. The second-order valence-electron chi connectivity index (χ2n) is 22.7. The van der Waals surface area contributed by atoms with E-state index >= 15 is 0 Å². The zero-order valence-corrected chi connectivity index (χ0v) is 50.4. The Kier molecular flexibility index (Phi) is 55.8. The average molecular weight is 1070 g/mol. The van der Waals surface area contributed by atoms with Gasteiger partial charge in [-0.3, -0.25) is 9.59 Å². The van der Waals surface area contributed by atoms with Crippen molar-refractivity contribution in [1.82, 2.24) is 0 Å². The number of aliphatic carboxylic acids is 1. The van der Waals surface area contributed by atoms with Gasteiger partial charge in [0.05, 0.1) is 34.4 Å². The molecule has 9 heteroatoms. The lowest BCUT2D eigenvalue weighted by Gasteiger charge is -2.25. The molecule has 0 aliphatic heterocycles. The van der Waals surface area contributed by atoms with Crippen molar-refractivity contribution >= 4 is 17.9 Å². The van der Waals surface area contributed by atoms with Gasteiger partial charge in [0.25, 0.3) is 6.29 Å². The van der Waals surface area contributed by atoms with E-state index in [4.69, 9.17) is 18.9 Å². The number of ether oxygens (including phenoxy) is 4. The minimum atomic E-state index is -1.51. The van der Waals surface area contributed by atoms with E-state index in [1.807, 2.05) is 21.1 Å². The zero-order chi connectivity index (χ0) is 55.5. The lowest BCUT2D eigenvalue weighted by Crippen LogP contribution is -2.40. The van der Waals surface area contributed by atoms with Gasteiger partial charge in [0.15, 0.2) is 6.10 Å². The Balaban J connectivity index is 4.17. The quantitative estimate of drug-likeness (QED) is 0.0211. The summed E-state index contributed by atoms with van der Waals surface area (Å²) in [4.78, 5) is 37.5. The maximum Gasteiger partial charge on any atom is 0.361 e. The first-order valence-electron chi connectivity index (χ1n) is 32.0. The second kappa shape index (κ2) is 58.1. The van der Waals surface area contributed by atoms with Gasteiger partial charge in [0.2, 0.25) is 0 Å². The van der Waals surface area contributed by atoms with Gasteiger partial charge in [-0.25, -0.2) is 4.79 Å². The van der Waals surface area contributed by atoms with Crippen molar-refractivity contribution in [3.05, 3.63) is 60.8 Å². The Morgan fingerprint density at radius 2 is 0.750 bits per heavy atom. The van der Waals surface area contributed by atoms with Crippen LogP contribution in [0.2, 0.25) is 0 Å². The van der Waals surface area contributed by atoms with Crippen molar-refractivity contribution in [3.8, 4) is 0 Å². The molecule has 0 saturated carbocycles. The molecular weight excluding hydrogens is 947 g/mol. The summed E-state index contributed by atoms with van der Waals surface area (Å²) < 4.78 is 23.0. The molecule has 0 aliphatic rings. The molecule has 0 bridgehead atoms. The van der Waals surface area contributed by atoms with Gasteiger partial charge in [-0.05, 0) is 57.8 Å². The molecule has 9 nitrogen and oxygen atoms in total. The minimum absolute atomic E-state index is 0.181. The third kappa shape index (κ3) is 58.7. The smallest absolute Gasteiger partial charge is 0.361 e. The Bertz CT molecular complexity index is 1430. The van der Waals surface area contributed by atoms with Crippen LogP contribution in [0.5, 0.6) is 0 Å². The Morgan fingerprint density at radius 1 is 0.408 bits per heavy atom. The van der Waals surface area contributed by atoms with Crippen molar-refractivity contribution in [2.75, 3.05) is 47.5 Å². The van der Waals surface area contributed by atoms with Crippen molar-refractivity contribution in [2.45, 2.75) is 302 Å². The van der Waals surface area contributed by atoms with Crippen LogP contribution in [0.1, 0.15) is 290 Å². The maximum atomic E-state index is 12.9. The molecule has 0 heterocycles. The number of unbranched alkanes of at least 4 members (excludes halogenated alkanes) is 34. The molecule has 0 spiro atoms. The highest BCUT2D eigenvalue weighted by atomic mass is 16.7. The van der Waals surface area contributed by atoms with E-state index in [9.17, 15) is 19.5 Å². The summed E-state index contributed by atoms with van der Waals surface area (Å²) in [6, 6.07) is 0. The van der Waals surface area contributed by atoms with Crippen molar-refractivity contribution in [2.24, 2.45) is 0 Å². The number of carbonyl (C=O) groups excluding carboxylic acids is 2. The standard InChI is InChI=1S/C67H121NO8/c1-6-8-10-12-14-16-18-20-22-24-26-28-30-32-33-34-36-38-40-42-44-46-48-50-52-54-56-58-65(70)76-63(62-75-67(66(71)72)73-60-59-68(3,4)5)61-74-64(69)57-55-53-51-49-47-45-43-41-39-37-35-31-29-27-25-23-21-19-17-15-13-11-9-7-2/h8,10,14,16,20,22,26,28,32-33,63,67H,6-7,9,11-13,15,17-19,21,23-25,27,29-31,34-62H2,1-5H3/p+1/b10-8-,16-14-,22-20-,28-26-,33-32-. The number of carboxylic acid groups (broad SMARTS) is 1. The van der Waals surface area contributed by atoms with Crippen LogP contribution in [0.4, 0.5) is 0 Å². The lowest BCUT2D eigenvalue weighted by molar-refractivity contribution is -0.870. The van der Waals surface area contributed by atoms with Crippen molar-refractivity contribution in [1.29, 1.82) is 0 Å². The Hall–Kier alpha value is -3.01. The Labute approximate surface area is 469 Å². The molecule has 0 aliphatic carbocycles. The number of likely N-dealkylation sites (N-methyl/N-ethyl adjacent to an activating group) is 1. The molecular formula is C67H122NO8+. The molecule has 1 N–H and O–H groups in total. The van der Waals surface area contributed by atoms with Crippen LogP contribution in [0.25, 0.3) is 0 Å². The number of nitrogens with zero attached hydrogens (tertiary/aromatic N) is 1. The summed E-state index contributed by atoms with van der Waals surface area (Å²) in [6.07, 6.45) is 71.7. The number of carboxylic acids is 1. The molecule has 442 valence electrons. The monoisotopic (exact) mass is 1070 g/mol. The first-order valence-corrected chi connectivity index (χ1v) is 32.0. The molecule has 76 heavy (non-hydrogen) atoms.